The maximum atomic E-state index is 13.2. The van der Waals surface area contributed by atoms with E-state index in [0.717, 1.165) is 23.0 Å². The highest BCUT2D eigenvalue weighted by Gasteiger charge is 2.15. The second kappa shape index (κ2) is 6.45. The molecule has 0 aliphatic heterocycles. The summed E-state index contributed by atoms with van der Waals surface area (Å²) >= 11 is 5.28. The fourth-order valence-corrected chi connectivity index (χ4v) is 3.68. The smallest absolute Gasteiger partial charge is 0.123 e. The zero-order chi connectivity index (χ0) is 13.0. The van der Waals surface area contributed by atoms with E-state index in [1.807, 2.05) is 6.07 Å². The molecule has 18 heavy (non-hydrogen) atoms. The number of benzene rings is 1. The molecule has 2 aromatic rings. The first kappa shape index (κ1) is 13.7. The van der Waals surface area contributed by atoms with Crippen molar-refractivity contribution in [2.45, 2.75) is 19.4 Å². The van der Waals surface area contributed by atoms with Crippen molar-refractivity contribution >= 4 is 27.3 Å². The van der Waals surface area contributed by atoms with Crippen LogP contribution in [0.1, 0.15) is 23.4 Å². The first-order valence-corrected chi connectivity index (χ1v) is 7.58. The molecule has 1 aromatic carbocycles. The Labute approximate surface area is 119 Å². The number of hydrogen-bond acceptors (Lipinski definition) is 2. The minimum absolute atomic E-state index is 0.173. The molecule has 1 atom stereocenters. The number of thiophene rings is 1. The molecule has 4 heteroatoms. The van der Waals surface area contributed by atoms with E-state index in [0.29, 0.717) is 0 Å². The Bertz CT molecular complexity index is 512. The molecule has 0 amide bonds. The topological polar surface area (TPSA) is 12.0 Å². The first-order chi connectivity index (χ1) is 8.70. The van der Waals surface area contributed by atoms with Gasteiger partial charge in [0.25, 0.3) is 0 Å². The Morgan fingerprint density at radius 1 is 1.39 bits per heavy atom. The lowest BCUT2D eigenvalue weighted by atomic mass is 10.0. The molecule has 1 unspecified atom stereocenters. The third-order valence-corrected chi connectivity index (χ3v) is 4.73. The summed E-state index contributed by atoms with van der Waals surface area (Å²) in [5, 5.41) is 5.52. The summed E-state index contributed by atoms with van der Waals surface area (Å²) in [5.74, 6) is -0.173. The van der Waals surface area contributed by atoms with Crippen LogP contribution in [0.15, 0.2) is 40.2 Å². The molecule has 0 radical (unpaired) electrons. The van der Waals surface area contributed by atoms with E-state index in [2.05, 4.69) is 39.6 Å². The Morgan fingerprint density at radius 3 is 2.83 bits per heavy atom. The van der Waals surface area contributed by atoms with Crippen molar-refractivity contribution in [3.05, 3.63) is 56.4 Å². The molecule has 1 nitrogen and oxygen atoms in total. The van der Waals surface area contributed by atoms with Crippen LogP contribution in [0.3, 0.4) is 0 Å². The number of likely N-dealkylation sites (N-methyl/N-ethyl adjacent to an activating group) is 1. The molecular formula is C14H15BrFNS. The quantitative estimate of drug-likeness (QED) is 0.849. The molecule has 1 aromatic heterocycles. The second-order valence-corrected chi connectivity index (χ2v) is 5.88. The lowest BCUT2D eigenvalue weighted by molar-refractivity contribution is 0.553. The van der Waals surface area contributed by atoms with Crippen LogP contribution in [0, 0.1) is 5.82 Å². The third kappa shape index (κ3) is 3.40. The maximum absolute atomic E-state index is 13.2. The SMILES string of the molecule is CCNC(Cc1cccc(F)c1)c1sccc1Br. The van der Waals surface area contributed by atoms with E-state index in [-0.39, 0.29) is 11.9 Å². The molecule has 0 bridgehead atoms. The number of halogens is 2. The molecule has 0 saturated carbocycles. The van der Waals surface area contributed by atoms with E-state index < -0.39 is 0 Å². The van der Waals surface area contributed by atoms with Gasteiger partial charge in [-0.2, -0.15) is 0 Å². The standard InChI is InChI=1S/C14H15BrFNS/c1-2-17-13(14-12(15)6-7-18-14)9-10-4-3-5-11(16)8-10/h3-8,13,17H,2,9H2,1H3. The monoisotopic (exact) mass is 327 g/mol. The summed E-state index contributed by atoms with van der Waals surface area (Å²) in [6.45, 7) is 2.98. The highest BCUT2D eigenvalue weighted by molar-refractivity contribution is 9.10. The summed E-state index contributed by atoms with van der Waals surface area (Å²) in [6.07, 6.45) is 0.796. The zero-order valence-electron chi connectivity index (χ0n) is 10.1. The van der Waals surface area contributed by atoms with Crippen LogP contribution in [0.2, 0.25) is 0 Å². The molecular weight excluding hydrogens is 313 g/mol. The van der Waals surface area contributed by atoms with E-state index in [1.54, 1.807) is 23.5 Å². The van der Waals surface area contributed by atoms with Gasteiger partial charge in [0, 0.05) is 15.4 Å². The average Bonchev–Trinajstić information content (AvgIpc) is 2.75. The van der Waals surface area contributed by atoms with Crippen LogP contribution >= 0.6 is 27.3 Å². The van der Waals surface area contributed by atoms with Gasteiger partial charge in [-0.1, -0.05) is 19.1 Å². The third-order valence-electron chi connectivity index (χ3n) is 2.74. The normalized spacial score (nSPS) is 12.6. The zero-order valence-corrected chi connectivity index (χ0v) is 12.5. The first-order valence-electron chi connectivity index (χ1n) is 5.91. The molecule has 0 spiro atoms. The van der Waals surface area contributed by atoms with Crippen LogP contribution in [0.5, 0.6) is 0 Å². The molecule has 0 fully saturated rings. The molecule has 0 saturated heterocycles. The van der Waals surface area contributed by atoms with Crippen molar-refractivity contribution in [3.8, 4) is 0 Å². The molecule has 1 N–H and O–H groups in total. The summed E-state index contributed by atoms with van der Waals surface area (Å²) in [4.78, 5) is 1.26. The van der Waals surface area contributed by atoms with Gasteiger partial charge in [-0.3, -0.25) is 0 Å². The van der Waals surface area contributed by atoms with Crippen molar-refractivity contribution < 1.29 is 4.39 Å². The maximum Gasteiger partial charge on any atom is 0.123 e. The predicted molar refractivity (Wildman–Crippen MR) is 78.5 cm³/mol. The lowest BCUT2D eigenvalue weighted by Gasteiger charge is -2.17. The van der Waals surface area contributed by atoms with Gasteiger partial charge < -0.3 is 5.32 Å². The molecule has 0 aliphatic rings. The summed E-state index contributed by atoms with van der Waals surface area (Å²) < 4.78 is 14.3. The van der Waals surface area contributed by atoms with Crippen LogP contribution in [0.4, 0.5) is 4.39 Å². The van der Waals surface area contributed by atoms with Gasteiger partial charge in [0.2, 0.25) is 0 Å². The van der Waals surface area contributed by atoms with E-state index >= 15 is 0 Å². The average molecular weight is 328 g/mol. The fourth-order valence-electron chi connectivity index (χ4n) is 1.96. The van der Waals surface area contributed by atoms with Crippen molar-refractivity contribution in [1.29, 1.82) is 0 Å². The van der Waals surface area contributed by atoms with E-state index in [9.17, 15) is 4.39 Å². The molecule has 1 heterocycles. The van der Waals surface area contributed by atoms with E-state index in [4.69, 9.17) is 0 Å². The molecule has 0 aliphatic carbocycles. The van der Waals surface area contributed by atoms with Crippen LogP contribution in [-0.4, -0.2) is 6.54 Å². The van der Waals surface area contributed by atoms with Gasteiger partial charge >= 0.3 is 0 Å². The highest BCUT2D eigenvalue weighted by atomic mass is 79.9. The molecule has 96 valence electrons. The largest absolute Gasteiger partial charge is 0.309 e. The summed E-state index contributed by atoms with van der Waals surface area (Å²) in [7, 11) is 0. The van der Waals surface area contributed by atoms with Gasteiger partial charge in [0.15, 0.2) is 0 Å². The van der Waals surface area contributed by atoms with Crippen molar-refractivity contribution in [1.82, 2.24) is 5.32 Å². The predicted octanol–water partition coefficient (Wildman–Crippen LogP) is 4.54. The van der Waals surface area contributed by atoms with Crippen LogP contribution in [0.25, 0.3) is 0 Å². The Hall–Kier alpha value is -0.710. The van der Waals surface area contributed by atoms with Gasteiger partial charge in [-0.15, -0.1) is 11.3 Å². The lowest BCUT2D eigenvalue weighted by Crippen LogP contribution is -2.22. The van der Waals surface area contributed by atoms with Crippen molar-refractivity contribution in [3.63, 3.8) is 0 Å². The minimum Gasteiger partial charge on any atom is -0.309 e. The Kier molecular flexibility index (Phi) is 4.92. The van der Waals surface area contributed by atoms with E-state index in [1.165, 1.54) is 10.9 Å². The van der Waals surface area contributed by atoms with Gasteiger partial charge in [0.05, 0.1) is 0 Å². The highest BCUT2D eigenvalue weighted by Crippen LogP contribution is 2.31. The Balaban J connectivity index is 2.19. The van der Waals surface area contributed by atoms with Gasteiger partial charge in [0.1, 0.15) is 5.82 Å². The Morgan fingerprint density at radius 2 is 2.22 bits per heavy atom. The summed E-state index contributed by atoms with van der Waals surface area (Å²) in [5.41, 5.74) is 1.02. The number of nitrogens with one attached hydrogen (secondary N) is 1. The molecule has 2 rings (SSSR count). The second-order valence-electron chi connectivity index (χ2n) is 4.08. The van der Waals surface area contributed by atoms with Crippen molar-refractivity contribution in [2.24, 2.45) is 0 Å². The minimum atomic E-state index is -0.173. The number of rotatable bonds is 5. The number of hydrogen-bond donors (Lipinski definition) is 1. The van der Waals surface area contributed by atoms with Crippen LogP contribution < -0.4 is 5.32 Å². The fraction of sp³-hybridized carbons (Fsp3) is 0.286. The van der Waals surface area contributed by atoms with Crippen LogP contribution in [-0.2, 0) is 6.42 Å². The van der Waals surface area contributed by atoms with Gasteiger partial charge in [-0.05, 0) is 58.0 Å². The van der Waals surface area contributed by atoms with Crippen molar-refractivity contribution in [2.75, 3.05) is 6.54 Å². The summed E-state index contributed by atoms with van der Waals surface area (Å²) in [6, 6.07) is 9.09. The van der Waals surface area contributed by atoms with Gasteiger partial charge in [-0.25, -0.2) is 4.39 Å².